The number of aryl methyl sites for hydroxylation is 3. The first-order valence-corrected chi connectivity index (χ1v) is 10.4. The lowest BCUT2D eigenvalue weighted by Gasteiger charge is -2.14. The molecule has 1 unspecified atom stereocenters. The number of ether oxygens (including phenoxy) is 3. The predicted octanol–water partition coefficient (Wildman–Crippen LogP) is 4.10. The lowest BCUT2D eigenvalue weighted by molar-refractivity contribution is 0.144. The Hall–Kier alpha value is -3.07. The van der Waals surface area contributed by atoms with Crippen LogP contribution < -0.4 is 15.2 Å². The highest BCUT2D eigenvalue weighted by molar-refractivity contribution is 5.84. The zero-order chi connectivity index (χ0) is 23.1. The minimum atomic E-state index is -1.77. The Labute approximate surface area is 185 Å². The van der Waals surface area contributed by atoms with E-state index < -0.39 is 12.8 Å². The summed E-state index contributed by atoms with van der Waals surface area (Å²) in [7, 11) is 3.19. The molecule has 2 heterocycles. The standard InChI is InChI=1S/C23H28F2N4O3/c1-14-27-19(6-4-5-16-9-15(26)10-21(29-16)18(25)13-24)17-11-23(32-8-7-30-2)22(31-3)12-20(17)28-14/h9-12,18H,4-8,13H2,1-3H3,(H2,26,29). The van der Waals surface area contributed by atoms with E-state index >= 15 is 0 Å². The van der Waals surface area contributed by atoms with Gasteiger partial charge < -0.3 is 19.9 Å². The molecule has 0 saturated carbocycles. The Bertz CT molecular complexity index is 1070. The van der Waals surface area contributed by atoms with E-state index in [0.29, 0.717) is 61.2 Å². The molecule has 0 amide bonds. The van der Waals surface area contributed by atoms with Crippen LogP contribution in [0.3, 0.4) is 0 Å². The van der Waals surface area contributed by atoms with Gasteiger partial charge in [0.15, 0.2) is 17.7 Å². The molecule has 2 aromatic heterocycles. The number of halogens is 2. The Morgan fingerprint density at radius 3 is 2.53 bits per heavy atom. The van der Waals surface area contributed by atoms with Gasteiger partial charge in [0.2, 0.25) is 0 Å². The summed E-state index contributed by atoms with van der Waals surface area (Å²) in [6.07, 6.45) is 0.115. The lowest BCUT2D eigenvalue weighted by Crippen LogP contribution is -2.06. The van der Waals surface area contributed by atoms with Crippen molar-refractivity contribution in [1.82, 2.24) is 15.0 Å². The van der Waals surface area contributed by atoms with Crippen molar-refractivity contribution >= 4 is 16.6 Å². The molecular weight excluding hydrogens is 418 g/mol. The van der Waals surface area contributed by atoms with E-state index in [9.17, 15) is 8.78 Å². The summed E-state index contributed by atoms with van der Waals surface area (Å²) in [5.74, 6) is 1.83. The Morgan fingerprint density at radius 1 is 1.00 bits per heavy atom. The average Bonchev–Trinajstić information content (AvgIpc) is 2.78. The smallest absolute Gasteiger partial charge is 0.170 e. The summed E-state index contributed by atoms with van der Waals surface area (Å²) in [5.41, 5.74) is 8.48. The number of nitrogens with two attached hydrogens (primary N) is 1. The average molecular weight is 446 g/mol. The first-order valence-electron chi connectivity index (χ1n) is 10.4. The number of fused-ring (bicyclic) bond motifs is 1. The molecule has 0 aliphatic rings. The van der Waals surface area contributed by atoms with Crippen molar-refractivity contribution < 1.29 is 23.0 Å². The van der Waals surface area contributed by atoms with Gasteiger partial charge in [-0.05, 0) is 44.4 Å². The summed E-state index contributed by atoms with van der Waals surface area (Å²) in [6.45, 7) is 1.55. The first kappa shape index (κ1) is 23.6. The van der Waals surface area contributed by atoms with Gasteiger partial charge >= 0.3 is 0 Å². The van der Waals surface area contributed by atoms with Crippen LogP contribution in [0.4, 0.5) is 14.5 Å². The molecule has 0 aliphatic carbocycles. The maximum absolute atomic E-state index is 13.7. The zero-order valence-electron chi connectivity index (χ0n) is 18.5. The zero-order valence-corrected chi connectivity index (χ0v) is 18.5. The third-order valence-corrected chi connectivity index (χ3v) is 4.94. The second kappa shape index (κ2) is 11.0. The largest absolute Gasteiger partial charge is 0.493 e. The number of hydrogen-bond donors (Lipinski definition) is 1. The number of alkyl halides is 2. The fourth-order valence-electron chi connectivity index (χ4n) is 3.47. The van der Waals surface area contributed by atoms with Crippen molar-refractivity contribution in [1.29, 1.82) is 0 Å². The van der Waals surface area contributed by atoms with Crippen LogP contribution in [0.1, 0.15) is 35.5 Å². The quantitative estimate of drug-likeness (QED) is 0.443. The van der Waals surface area contributed by atoms with Crippen molar-refractivity contribution in [2.75, 3.05) is 39.8 Å². The van der Waals surface area contributed by atoms with E-state index in [-0.39, 0.29) is 5.69 Å². The Balaban J connectivity index is 1.82. The molecule has 0 aliphatic heterocycles. The van der Waals surface area contributed by atoms with Gasteiger partial charge in [-0.25, -0.2) is 18.7 Å². The van der Waals surface area contributed by atoms with Crippen molar-refractivity contribution in [2.45, 2.75) is 32.4 Å². The van der Waals surface area contributed by atoms with Crippen molar-refractivity contribution in [3.8, 4) is 11.5 Å². The molecule has 3 aromatic rings. The van der Waals surface area contributed by atoms with Crippen LogP contribution in [0, 0.1) is 6.92 Å². The molecule has 0 bridgehead atoms. The van der Waals surface area contributed by atoms with Crippen LogP contribution in [0.5, 0.6) is 11.5 Å². The topological polar surface area (TPSA) is 92.4 Å². The SMILES string of the molecule is COCCOc1cc2c(CCCc3cc(N)cc(C(F)CF)n3)nc(C)nc2cc1OC. The van der Waals surface area contributed by atoms with E-state index in [4.69, 9.17) is 19.9 Å². The van der Waals surface area contributed by atoms with E-state index in [1.165, 1.54) is 6.07 Å². The molecule has 0 fully saturated rings. The van der Waals surface area contributed by atoms with Crippen LogP contribution in [0.15, 0.2) is 24.3 Å². The number of hydrogen-bond acceptors (Lipinski definition) is 7. The highest BCUT2D eigenvalue weighted by Crippen LogP contribution is 2.33. The van der Waals surface area contributed by atoms with Crippen LogP contribution in [-0.4, -0.2) is 49.1 Å². The number of methoxy groups -OCH3 is 2. The van der Waals surface area contributed by atoms with E-state index in [1.54, 1.807) is 20.3 Å². The summed E-state index contributed by atoms with van der Waals surface area (Å²) >= 11 is 0. The maximum atomic E-state index is 13.7. The molecule has 0 saturated heterocycles. The summed E-state index contributed by atoms with van der Waals surface area (Å²) < 4.78 is 42.7. The van der Waals surface area contributed by atoms with Gasteiger partial charge in [-0.1, -0.05) is 0 Å². The molecule has 7 nitrogen and oxygen atoms in total. The summed E-state index contributed by atoms with van der Waals surface area (Å²) in [4.78, 5) is 13.4. The number of nitrogen functional groups attached to an aromatic ring is 1. The number of pyridine rings is 1. The molecule has 0 spiro atoms. The minimum absolute atomic E-state index is 0.0239. The lowest BCUT2D eigenvalue weighted by atomic mass is 10.1. The van der Waals surface area contributed by atoms with Crippen LogP contribution >= 0.6 is 0 Å². The molecule has 2 N–H and O–H groups in total. The van der Waals surface area contributed by atoms with Crippen molar-refractivity contribution in [3.05, 3.63) is 47.2 Å². The predicted molar refractivity (Wildman–Crippen MR) is 119 cm³/mol. The number of aromatic nitrogens is 3. The minimum Gasteiger partial charge on any atom is -0.493 e. The van der Waals surface area contributed by atoms with E-state index in [0.717, 1.165) is 16.6 Å². The molecule has 1 atom stereocenters. The number of rotatable bonds is 11. The van der Waals surface area contributed by atoms with E-state index in [1.807, 2.05) is 19.1 Å². The third-order valence-electron chi connectivity index (χ3n) is 4.94. The maximum Gasteiger partial charge on any atom is 0.170 e. The Morgan fingerprint density at radius 2 is 1.81 bits per heavy atom. The van der Waals surface area contributed by atoms with E-state index in [2.05, 4.69) is 15.0 Å². The molecule has 9 heteroatoms. The molecule has 172 valence electrons. The van der Waals surface area contributed by atoms with Gasteiger partial charge in [-0.3, -0.25) is 4.98 Å². The number of anilines is 1. The van der Waals surface area contributed by atoms with Gasteiger partial charge in [0, 0.05) is 29.9 Å². The van der Waals surface area contributed by atoms with Crippen molar-refractivity contribution in [2.24, 2.45) is 0 Å². The second-order valence-corrected chi connectivity index (χ2v) is 7.37. The number of nitrogens with zero attached hydrogens (tertiary/aromatic N) is 3. The van der Waals surface area contributed by atoms with Crippen molar-refractivity contribution in [3.63, 3.8) is 0 Å². The molecular formula is C23H28F2N4O3. The molecule has 0 radical (unpaired) electrons. The first-order chi connectivity index (χ1) is 15.4. The van der Waals surface area contributed by atoms with Crippen LogP contribution in [-0.2, 0) is 17.6 Å². The highest BCUT2D eigenvalue weighted by atomic mass is 19.2. The van der Waals surface area contributed by atoms with Gasteiger partial charge in [-0.15, -0.1) is 0 Å². The van der Waals surface area contributed by atoms with Gasteiger partial charge in [0.05, 0.1) is 30.6 Å². The van der Waals surface area contributed by atoms with Gasteiger partial charge in [0.25, 0.3) is 0 Å². The molecule has 3 rings (SSSR count). The third kappa shape index (κ3) is 5.79. The normalized spacial score (nSPS) is 12.2. The van der Waals surface area contributed by atoms with Crippen LogP contribution in [0.25, 0.3) is 10.9 Å². The Kier molecular flexibility index (Phi) is 8.10. The summed E-state index contributed by atoms with van der Waals surface area (Å²) in [6, 6.07) is 6.77. The highest BCUT2D eigenvalue weighted by Gasteiger charge is 2.15. The number of benzene rings is 1. The molecule has 1 aromatic carbocycles. The van der Waals surface area contributed by atoms with Gasteiger partial charge in [0.1, 0.15) is 19.1 Å². The fourth-order valence-corrected chi connectivity index (χ4v) is 3.47. The summed E-state index contributed by atoms with van der Waals surface area (Å²) in [5, 5.41) is 0.867. The monoisotopic (exact) mass is 446 g/mol. The van der Waals surface area contributed by atoms with Crippen LogP contribution in [0.2, 0.25) is 0 Å². The molecule has 32 heavy (non-hydrogen) atoms. The fraction of sp³-hybridized carbons (Fsp3) is 0.435. The second-order valence-electron chi connectivity index (χ2n) is 7.37. The van der Waals surface area contributed by atoms with Gasteiger partial charge in [-0.2, -0.15) is 0 Å².